The number of carbonyl (C=O) groups is 1. The summed E-state index contributed by atoms with van der Waals surface area (Å²) in [6.45, 7) is 1.55. The number of halogens is 2. The van der Waals surface area contributed by atoms with Gasteiger partial charge in [-0.15, -0.1) is 5.10 Å². The number of aryl methyl sites for hydroxylation is 1. The van der Waals surface area contributed by atoms with Crippen molar-refractivity contribution in [2.45, 2.75) is 26.3 Å². The zero-order chi connectivity index (χ0) is 14.0. The molecule has 0 saturated carbocycles. The molecule has 8 nitrogen and oxygen atoms in total. The highest BCUT2D eigenvalue weighted by molar-refractivity contribution is 5.86. The Morgan fingerprint density at radius 2 is 2.26 bits per heavy atom. The summed E-state index contributed by atoms with van der Waals surface area (Å²) in [5.41, 5.74) is -1.58. The van der Waals surface area contributed by atoms with Gasteiger partial charge in [-0.3, -0.25) is 0 Å². The molecule has 0 unspecified atom stereocenters. The summed E-state index contributed by atoms with van der Waals surface area (Å²) in [6, 6.07) is 0. The van der Waals surface area contributed by atoms with Crippen molar-refractivity contribution in [2.24, 2.45) is 0 Å². The van der Waals surface area contributed by atoms with Crippen LogP contribution in [0.2, 0.25) is 0 Å². The molecule has 10 heteroatoms. The lowest BCUT2D eigenvalue weighted by molar-refractivity contribution is 0.0675. The monoisotopic (exact) mass is 273 g/mol. The Hall–Kier alpha value is -2.39. The molecular formula is C9H9F2N5O3. The average Bonchev–Trinajstić information content (AvgIpc) is 2.95. The third kappa shape index (κ3) is 2.56. The van der Waals surface area contributed by atoms with Crippen LogP contribution in [0.5, 0.6) is 0 Å². The standard InChI is InChI=1S/C9H9F2N5O3/c1-2-4-12-5(19-14-4)3-16-7(8(10)11)6(9(17)18)13-15-16/h8H,2-3H2,1H3,(H,17,18). The van der Waals surface area contributed by atoms with Gasteiger partial charge in [-0.05, 0) is 0 Å². The van der Waals surface area contributed by atoms with Crippen LogP contribution >= 0.6 is 0 Å². The van der Waals surface area contributed by atoms with E-state index in [4.69, 9.17) is 9.63 Å². The van der Waals surface area contributed by atoms with Gasteiger partial charge in [-0.25, -0.2) is 18.3 Å². The van der Waals surface area contributed by atoms with E-state index in [1.54, 1.807) is 6.92 Å². The fourth-order valence-electron chi connectivity index (χ4n) is 1.43. The first kappa shape index (κ1) is 13.1. The summed E-state index contributed by atoms with van der Waals surface area (Å²) in [6.07, 6.45) is -2.49. The molecule has 0 bridgehead atoms. The number of hydrogen-bond acceptors (Lipinski definition) is 6. The molecule has 0 radical (unpaired) electrons. The average molecular weight is 273 g/mol. The molecule has 102 valence electrons. The highest BCUT2D eigenvalue weighted by Gasteiger charge is 2.27. The molecule has 0 aliphatic carbocycles. The quantitative estimate of drug-likeness (QED) is 0.862. The van der Waals surface area contributed by atoms with Crippen LogP contribution in [0.4, 0.5) is 8.78 Å². The fourth-order valence-corrected chi connectivity index (χ4v) is 1.43. The molecule has 0 fully saturated rings. The maximum absolute atomic E-state index is 12.8. The van der Waals surface area contributed by atoms with Gasteiger partial charge in [0.2, 0.25) is 5.89 Å². The summed E-state index contributed by atoms with van der Waals surface area (Å²) < 4.78 is 31.2. The molecule has 0 aliphatic rings. The van der Waals surface area contributed by atoms with E-state index in [-0.39, 0.29) is 12.4 Å². The van der Waals surface area contributed by atoms with Crippen molar-refractivity contribution in [3.05, 3.63) is 23.1 Å². The number of hydrogen-bond donors (Lipinski definition) is 1. The number of alkyl halides is 2. The van der Waals surface area contributed by atoms with Gasteiger partial charge >= 0.3 is 5.97 Å². The van der Waals surface area contributed by atoms with Crippen molar-refractivity contribution in [1.82, 2.24) is 25.1 Å². The van der Waals surface area contributed by atoms with Gasteiger partial charge in [0, 0.05) is 6.42 Å². The molecule has 0 saturated heterocycles. The van der Waals surface area contributed by atoms with E-state index in [9.17, 15) is 13.6 Å². The summed E-state index contributed by atoms with van der Waals surface area (Å²) in [7, 11) is 0. The Kier molecular flexibility index (Phi) is 3.49. The molecule has 0 amide bonds. The van der Waals surface area contributed by atoms with E-state index in [0.717, 1.165) is 4.68 Å². The second-order valence-corrected chi connectivity index (χ2v) is 3.54. The van der Waals surface area contributed by atoms with Crippen LogP contribution in [-0.4, -0.2) is 36.2 Å². The van der Waals surface area contributed by atoms with Gasteiger partial charge in [0.15, 0.2) is 11.5 Å². The minimum atomic E-state index is -3.02. The number of rotatable bonds is 5. The second kappa shape index (κ2) is 5.08. The van der Waals surface area contributed by atoms with E-state index in [1.807, 2.05) is 0 Å². The number of carboxylic acid groups (broad SMARTS) is 1. The summed E-state index contributed by atoms with van der Waals surface area (Å²) in [4.78, 5) is 14.7. The van der Waals surface area contributed by atoms with Crippen LogP contribution in [0.25, 0.3) is 0 Å². The van der Waals surface area contributed by atoms with Crippen LogP contribution in [0.15, 0.2) is 4.52 Å². The van der Waals surface area contributed by atoms with Gasteiger partial charge in [0.25, 0.3) is 6.43 Å². The minimum absolute atomic E-state index is 0.0561. The molecule has 2 aromatic rings. The van der Waals surface area contributed by atoms with Crippen molar-refractivity contribution < 1.29 is 23.2 Å². The molecule has 2 heterocycles. The summed E-state index contributed by atoms with van der Waals surface area (Å²) in [5.74, 6) is -1.09. The number of aromatic carboxylic acids is 1. The van der Waals surface area contributed by atoms with Crippen LogP contribution in [0.3, 0.4) is 0 Å². The van der Waals surface area contributed by atoms with E-state index >= 15 is 0 Å². The Labute approximate surface area is 105 Å². The van der Waals surface area contributed by atoms with Crippen LogP contribution in [0, 0.1) is 0 Å². The topological polar surface area (TPSA) is 107 Å². The predicted molar refractivity (Wildman–Crippen MR) is 54.7 cm³/mol. The first-order chi connectivity index (χ1) is 9.02. The first-order valence-corrected chi connectivity index (χ1v) is 5.29. The Morgan fingerprint density at radius 3 is 2.79 bits per heavy atom. The molecule has 0 atom stereocenters. The fraction of sp³-hybridized carbons (Fsp3) is 0.444. The molecule has 2 rings (SSSR count). The first-order valence-electron chi connectivity index (χ1n) is 5.29. The van der Waals surface area contributed by atoms with Crippen LogP contribution < -0.4 is 0 Å². The maximum Gasteiger partial charge on any atom is 0.358 e. The van der Waals surface area contributed by atoms with E-state index in [0.29, 0.717) is 12.2 Å². The Bertz CT molecular complexity index is 594. The molecular weight excluding hydrogens is 264 g/mol. The van der Waals surface area contributed by atoms with Gasteiger partial charge in [0.1, 0.15) is 12.2 Å². The van der Waals surface area contributed by atoms with E-state index in [2.05, 4.69) is 20.5 Å². The third-order valence-electron chi connectivity index (χ3n) is 2.29. The van der Waals surface area contributed by atoms with Crippen LogP contribution in [0.1, 0.15) is 41.2 Å². The maximum atomic E-state index is 12.8. The highest BCUT2D eigenvalue weighted by Crippen LogP contribution is 2.22. The van der Waals surface area contributed by atoms with Crippen molar-refractivity contribution >= 4 is 5.97 Å². The summed E-state index contributed by atoms with van der Waals surface area (Å²) in [5, 5.41) is 18.9. The number of nitrogens with zero attached hydrogens (tertiary/aromatic N) is 5. The molecule has 2 aromatic heterocycles. The largest absolute Gasteiger partial charge is 0.476 e. The van der Waals surface area contributed by atoms with Gasteiger partial charge < -0.3 is 9.63 Å². The molecule has 1 N–H and O–H groups in total. The Balaban J connectivity index is 2.32. The predicted octanol–water partition coefficient (Wildman–Crippen LogP) is 0.908. The normalized spacial score (nSPS) is 11.2. The highest BCUT2D eigenvalue weighted by atomic mass is 19.3. The van der Waals surface area contributed by atoms with Crippen molar-refractivity contribution in [2.75, 3.05) is 0 Å². The zero-order valence-electron chi connectivity index (χ0n) is 9.75. The minimum Gasteiger partial charge on any atom is -0.476 e. The lowest BCUT2D eigenvalue weighted by Gasteiger charge is -2.02. The Morgan fingerprint density at radius 1 is 1.53 bits per heavy atom. The van der Waals surface area contributed by atoms with Gasteiger partial charge in [-0.2, -0.15) is 4.98 Å². The van der Waals surface area contributed by atoms with E-state index < -0.39 is 23.8 Å². The SMILES string of the molecule is CCc1noc(Cn2nnc(C(=O)O)c2C(F)F)n1. The third-order valence-corrected chi connectivity index (χ3v) is 2.29. The van der Waals surface area contributed by atoms with Gasteiger partial charge in [0.05, 0.1) is 0 Å². The lowest BCUT2D eigenvalue weighted by atomic mass is 10.3. The van der Waals surface area contributed by atoms with Crippen molar-refractivity contribution in [1.29, 1.82) is 0 Å². The number of carboxylic acids is 1. The molecule has 19 heavy (non-hydrogen) atoms. The molecule has 0 aromatic carbocycles. The van der Waals surface area contributed by atoms with Gasteiger partial charge in [-0.1, -0.05) is 17.3 Å². The van der Waals surface area contributed by atoms with Crippen LogP contribution in [-0.2, 0) is 13.0 Å². The molecule has 0 aliphatic heterocycles. The lowest BCUT2D eigenvalue weighted by Crippen LogP contribution is -2.10. The van der Waals surface area contributed by atoms with Crippen molar-refractivity contribution in [3.63, 3.8) is 0 Å². The second-order valence-electron chi connectivity index (χ2n) is 3.54. The van der Waals surface area contributed by atoms with E-state index in [1.165, 1.54) is 0 Å². The molecule has 0 spiro atoms. The summed E-state index contributed by atoms with van der Waals surface area (Å²) >= 11 is 0. The zero-order valence-corrected chi connectivity index (χ0v) is 9.75. The number of aromatic nitrogens is 5. The van der Waals surface area contributed by atoms with Crippen molar-refractivity contribution in [3.8, 4) is 0 Å². The smallest absolute Gasteiger partial charge is 0.358 e.